The first-order valence-electron chi connectivity index (χ1n) is 8.51. The highest BCUT2D eigenvalue weighted by Crippen LogP contribution is 2.44. The van der Waals surface area contributed by atoms with Gasteiger partial charge in [-0.25, -0.2) is 4.79 Å². The molecule has 4 rings (SSSR count). The van der Waals surface area contributed by atoms with E-state index < -0.39 is 6.16 Å². The zero-order valence-corrected chi connectivity index (χ0v) is 17.5. The summed E-state index contributed by atoms with van der Waals surface area (Å²) in [5, 5.41) is 10.4. The summed E-state index contributed by atoms with van der Waals surface area (Å²) in [6.45, 7) is 0. The molecule has 146 valence electrons. The number of carbonyl (C=O) groups excluding carboxylic acids is 1. The lowest BCUT2D eigenvalue weighted by Gasteiger charge is -2.16. The lowest BCUT2D eigenvalue weighted by molar-refractivity contribution is 0.0995. The molecule has 0 saturated heterocycles. The van der Waals surface area contributed by atoms with Crippen molar-refractivity contribution in [3.63, 3.8) is 0 Å². The van der Waals surface area contributed by atoms with Gasteiger partial charge < -0.3 is 14.7 Å². The molecule has 0 spiro atoms. The summed E-state index contributed by atoms with van der Waals surface area (Å²) in [5.74, 6) is -0.330. The molecule has 5 nitrogen and oxygen atoms in total. The maximum atomic E-state index is 13.2. The predicted octanol–water partition coefficient (Wildman–Crippen LogP) is 6.62. The molecule has 0 radical (unpaired) electrons. The highest BCUT2D eigenvalue weighted by Gasteiger charge is 2.26. The first-order chi connectivity index (χ1) is 14.0. The lowest BCUT2D eigenvalue weighted by Crippen LogP contribution is -2.25. The third-order valence-corrected chi connectivity index (χ3v) is 7.03. The van der Waals surface area contributed by atoms with Crippen LogP contribution in [0.25, 0.3) is 20.5 Å². The standard InChI is InChI=1S/C21H14ClNO4S2/c1-23(19(24)18-17(22)13-9-5-6-10-15(13)28-18)14-11-16(12-7-3-2-4-8-12)29-20(14)27-21(25)26/h2-11H,1H3,(H,25,26). The van der Waals surface area contributed by atoms with Crippen LogP contribution in [0.5, 0.6) is 5.06 Å². The second-order valence-corrected chi connectivity index (χ2v) is 8.57. The normalized spacial score (nSPS) is 10.8. The SMILES string of the molecule is CN(C(=O)c1sc2ccccc2c1Cl)c1cc(-c2ccccc2)sc1OC(=O)O. The van der Waals surface area contributed by atoms with Gasteiger partial charge in [0.05, 0.1) is 10.7 Å². The maximum Gasteiger partial charge on any atom is 0.512 e. The number of amides is 1. The number of halogens is 1. The number of carboxylic acid groups (broad SMARTS) is 1. The predicted molar refractivity (Wildman–Crippen MR) is 118 cm³/mol. The van der Waals surface area contributed by atoms with Crippen molar-refractivity contribution in [1.82, 2.24) is 0 Å². The average Bonchev–Trinajstić information content (AvgIpc) is 3.29. The molecule has 0 fully saturated rings. The topological polar surface area (TPSA) is 66.8 Å². The molecule has 4 aromatic rings. The van der Waals surface area contributed by atoms with Crippen molar-refractivity contribution >= 4 is 62.1 Å². The molecule has 2 aromatic carbocycles. The van der Waals surface area contributed by atoms with Crippen molar-refractivity contribution in [2.24, 2.45) is 0 Å². The van der Waals surface area contributed by atoms with Crippen LogP contribution in [-0.2, 0) is 0 Å². The molecule has 0 unspecified atom stereocenters. The summed E-state index contributed by atoms with van der Waals surface area (Å²) in [5.41, 5.74) is 1.27. The smallest absolute Gasteiger partial charge is 0.449 e. The lowest BCUT2D eigenvalue weighted by atomic mass is 10.2. The molecular formula is C21H14ClNO4S2. The average molecular weight is 444 g/mol. The van der Waals surface area contributed by atoms with Crippen LogP contribution < -0.4 is 9.64 Å². The van der Waals surface area contributed by atoms with Crippen molar-refractivity contribution in [3.05, 3.63) is 70.6 Å². The minimum Gasteiger partial charge on any atom is -0.449 e. The van der Waals surface area contributed by atoms with Gasteiger partial charge in [-0.1, -0.05) is 71.5 Å². The number of hydrogen-bond acceptors (Lipinski definition) is 5. The first-order valence-corrected chi connectivity index (χ1v) is 10.5. The summed E-state index contributed by atoms with van der Waals surface area (Å²) < 4.78 is 5.86. The van der Waals surface area contributed by atoms with Gasteiger partial charge in [-0.3, -0.25) is 4.79 Å². The zero-order valence-electron chi connectivity index (χ0n) is 15.1. The van der Waals surface area contributed by atoms with Crippen molar-refractivity contribution in [2.75, 3.05) is 11.9 Å². The molecule has 0 saturated carbocycles. The van der Waals surface area contributed by atoms with Crippen LogP contribution >= 0.6 is 34.3 Å². The van der Waals surface area contributed by atoms with E-state index in [1.165, 1.54) is 16.2 Å². The Kier molecular flexibility index (Phi) is 5.27. The third kappa shape index (κ3) is 3.72. The van der Waals surface area contributed by atoms with Crippen LogP contribution in [0.15, 0.2) is 60.7 Å². The fourth-order valence-corrected chi connectivity index (χ4v) is 5.43. The number of hydrogen-bond donors (Lipinski definition) is 1. The van der Waals surface area contributed by atoms with E-state index in [0.717, 1.165) is 31.9 Å². The Morgan fingerprint density at radius 2 is 1.72 bits per heavy atom. The van der Waals surface area contributed by atoms with Crippen molar-refractivity contribution < 1.29 is 19.4 Å². The largest absolute Gasteiger partial charge is 0.512 e. The van der Waals surface area contributed by atoms with Gasteiger partial charge >= 0.3 is 6.16 Å². The summed E-state index contributed by atoms with van der Waals surface area (Å²) >= 11 is 8.91. The van der Waals surface area contributed by atoms with E-state index in [9.17, 15) is 9.59 Å². The number of nitrogens with zero attached hydrogens (tertiary/aromatic N) is 1. The Morgan fingerprint density at radius 3 is 2.41 bits per heavy atom. The summed E-state index contributed by atoms with van der Waals surface area (Å²) in [6.07, 6.45) is -1.44. The summed E-state index contributed by atoms with van der Waals surface area (Å²) in [7, 11) is 1.58. The Morgan fingerprint density at radius 1 is 1.03 bits per heavy atom. The number of carbonyl (C=O) groups is 2. The van der Waals surface area contributed by atoms with Gasteiger partial charge in [0.2, 0.25) is 5.06 Å². The second kappa shape index (κ2) is 7.87. The second-order valence-electron chi connectivity index (χ2n) is 6.12. The van der Waals surface area contributed by atoms with Crippen LogP contribution in [0.2, 0.25) is 5.02 Å². The van der Waals surface area contributed by atoms with E-state index in [0.29, 0.717) is 15.6 Å². The minimum atomic E-state index is -1.44. The Labute approximate surface area is 179 Å². The maximum absolute atomic E-state index is 13.2. The van der Waals surface area contributed by atoms with Gasteiger partial charge in [0, 0.05) is 22.0 Å². The monoisotopic (exact) mass is 443 g/mol. The summed E-state index contributed by atoms with van der Waals surface area (Å²) in [4.78, 5) is 26.9. The van der Waals surface area contributed by atoms with Crippen LogP contribution in [-0.4, -0.2) is 24.2 Å². The molecule has 0 aliphatic carbocycles. The van der Waals surface area contributed by atoms with Gasteiger partial charge in [0.15, 0.2) is 0 Å². The fourth-order valence-electron chi connectivity index (χ4n) is 2.91. The van der Waals surface area contributed by atoms with Gasteiger partial charge in [0.1, 0.15) is 4.88 Å². The molecule has 1 amide bonds. The van der Waals surface area contributed by atoms with E-state index in [4.69, 9.17) is 21.4 Å². The van der Waals surface area contributed by atoms with E-state index in [1.807, 2.05) is 54.6 Å². The molecular weight excluding hydrogens is 430 g/mol. The fraction of sp³-hybridized carbons (Fsp3) is 0.0476. The molecule has 0 bridgehead atoms. The van der Waals surface area contributed by atoms with Crippen LogP contribution in [0, 0.1) is 0 Å². The zero-order chi connectivity index (χ0) is 20.5. The van der Waals surface area contributed by atoms with Gasteiger partial charge in [-0.15, -0.1) is 11.3 Å². The molecule has 1 N–H and O–H groups in total. The van der Waals surface area contributed by atoms with Crippen molar-refractivity contribution in [2.45, 2.75) is 0 Å². The van der Waals surface area contributed by atoms with E-state index in [2.05, 4.69) is 0 Å². The Hall–Kier alpha value is -2.87. The highest BCUT2D eigenvalue weighted by molar-refractivity contribution is 7.21. The van der Waals surface area contributed by atoms with Crippen LogP contribution in [0.4, 0.5) is 10.5 Å². The number of thiophene rings is 2. The first kappa shape index (κ1) is 19.4. The molecule has 0 aliphatic heterocycles. The molecule has 0 aliphatic rings. The van der Waals surface area contributed by atoms with Crippen LogP contribution in [0.3, 0.4) is 0 Å². The van der Waals surface area contributed by atoms with Gasteiger partial charge in [0.25, 0.3) is 5.91 Å². The number of benzene rings is 2. The van der Waals surface area contributed by atoms with Crippen LogP contribution in [0.1, 0.15) is 9.67 Å². The van der Waals surface area contributed by atoms with E-state index >= 15 is 0 Å². The third-order valence-electron chi connectivity index (χ3n) is 4.31. The van der Waals surface area contributed by atoms with Crippen molar-refractivity contribution in [3.8, 4) is 15.5 Å². The molecule has 0 atom stereocenters. The highest BCUT2D eigenvalue weighted by atomic mass is 35.5. The van der Waals surface area contributed by atoms with E-state index in [1.54, 1.807) is 13.1 Å². The molecule has 2 heterocycles. The summed E-state index contributed by atoms with van der Waals surface area (Å²) in [6, 6.07) is 18.7. The molecule has 29 heavy (non-hydrogen) atoms. The quantitative estimate of drug-likeness (QED) is 0.360. The Balaban J connectivity index is 1.75. The van der Waals surface area contributed by atoms with Crippen molar-refractivity contribution in [1.29, 1.82) is 0 Å². The van der Waals surface area contributed by atoms with E-state index in [-0.39, 0.29) is 11.0 Å². The number of rotatable bonds is 4. The minimum absolute atomic E-state index is 0.129. The number of anilines is 1. The van der Waals surface area contributed by atoms with Gasteiger partial charge in [-0.2, -0.15) is 0 Å². The van der Waals surface area contributed by atoms with Gasteiger partial charge in [-0.05, 0) is 17.7 Å². The number of fused-ring (bicyclic) bond motifs is 1. The molecule has 8 heteroatoms. The Bertz CT molecular complexity index is 1220. The number of ether oxygens (including phenoxy) is 1. The molecule has 2 aromatic heterocycles.